The number of Topliss-reactive ketones (excluding diaryl/α,β-unsaturated/α-hetero) is 1. The van der Waals surface area contributed by atoms with E-state index in [0.717, 1.165) is 18.2 Å². The Labute approximate surface area is 91.0 Å². The molecule has 1 aromatic carbocycles. The first-order valence-electron chi connectivity index (χ1n) is 4.79. The standard InChI is InChI=1S/C11H10F2O3/c1-15-11-8(14)5-10(11)16-9-4-6(12)2-3-7(9)13/h2-4,10-11H,5H2,1H3. The topological polar surface area (TPSA) is 35.5 Å². The minimum atomic E-state index is -0.678. The Hall–Kier alpha value is -1.49. The Morgan fingerprint density at radius 2 is 2.12 bits per heavy atom. The number of ether oxygens (including phenoxy) is 2. The van der Waals surface area contributed by atoms with Crippen LogP contribution in [0.3, 0.4) is 0 Å². The SMILES string of the molecule is COC1C(=O)CC1Oc1cc(F)ccc1F. The van der Waals surface area contributed by atoms with Gasteiger partial charge in [-0.15, -0.1) is 0 Å². The summed E-state index contributed by atoms with van der Waals surface area (Å²) in [6.07, 6.45) is -1.05. The molecule has 2 atom stereocenters. The van der Waals surface area contributed by atoms with Crippen molar-refractivity contribution in [2.45, 2.75) is 18.6 Å². The molecule has 2 unspecified atom stereocenters. The Bertz CT molecular complexity index is 420. The van der Waals surface area contributed by atoms with Crippen molar-refractivity contribution < 1.29 is 23.0 Å². The summed E-state index contributed by atoms with van der Waals surface area (Å²) in [7, 11) is 1.38. The van der Waals surface area contributed by atoms with Gasteiger partial charge in [0.1, 0.15) is 11.9 Å². The Morgan fingerprint density at radius 3 is 2.75 bits per heavy atom. The van der Waals surface area contributed by atoms with Crippen molar-refractivity contribution in [1.29, 1.82) is 0 Å². The molecule has 16 heavy (non-hydrogen) atoms. The summed E-state index contributed by atoms with van der Waals surface area (Å²) in [6, 6.07) is 2.93. The van der Waals surface area contributed by atoms with Crippen molar-refractivity contribution >= 4 is 5.78 Å². The quantitative estimate of drug-likeness (QED) is 0.789. The molecule has 0 aromatic heterocycles. The molecule has 1 aromatic rings. The minimum Gasteiger partial charge on any atom is -0.484 e. The predicted octanol–water partition coefficient (Wildman–Crippen LogP) is 1.70. The number of rotatable bonds is 3. The van der Waals surface area contributed by atoms with E-state index in [9.17, 15) is 13.6 Å². The molecule has 2 rings (SSSR count). The second-order valence-electron chi connectivity index (χ2n) is 3.56. The normalized spacial score (nSPS) is 24.1. The first kappa shape index (κ1) is 11.0. The van der Waals surface area contributed by atoms with Gasteiger partial charge in [0, 0.05) is 19.6 Å². The van der Waals surface area contributed by atoms with Crippen LogP contribution in [0.1, 0.15) is 6.42 Å². The van der Waals surface area contributed by atoms with E-state index in [4.69, 9.17) is 9.47 Å². The highest BCUT2D eigenvalue weighted by atomic mass is 19.1. The van der Waals surface area contributed by atoms with Crippen molar-refractivity contribution in [1.82, 2.24) is 0 Å². The van der Waals surface area contributed by atoms with E-state index >= 15 is 0 Å². The van der Waals surface area contributed by atoms with Gasteiger partial charge in [0.25, 0.3) is 0 Å². The van der Waals surface area contributed by atoms with Gasteiger partial charge in [0.15, 0.2) is 23.5 Å². The van der Waals surface area contributed by atoms with Crippen LogP contribution in [-0.2, 0) is 9.53 Å². The smallest absolute Gasteiger partial charge is 0.169 e. The zero-order valence-corrected chi connectivity index (χ0v) is 8.57. The molecule has 0 heterocycles. The van der Waals surface area contributed by atoms with Crippen molar-refractivity contribution in [2.24, 2.45) is 0 Å². The molecule has 0 aliphatic heterocycles. The summed E-state index contributed by atoms with van der Waals surface area (Å²) in [4.78, 5) is 11.0. The lowest BCUT2D eigenvalue weighted by molar-refractivity contribution is -0.151. The summed E-state index contributed by atoms with van der Waals surface area (Å²) in [5.41, 5.74) is 0. The zero-order valence-electron chi connectivity index (χ0n) is 8.57. The largest absolute Gasteiger partial charge is 0.484 e. The van der Waals surface area contributed by atoms with Crippen molar-refractivity contribution in [3.63, 3.8) is 0 Å². The van der Waals surface area contributed by atoms with Crippen LogP contribution in [0.5, 0.6) is 5.75 Å². The van der Waals surface area contributed by atoms with Crippen LogP contribution >= 0.6 is 0 Å². The van der Waals surface area contributed by atoms with E-state index in [1.807, 2.05) is 0 Å². The maximum atomic E-state index is 13.2. The number of hydrogen-bond donors (Lipinski definition) is 0. The molecule has 1 aliphatic carbocycles. The second kappa shape index (κ2) is 4.17. The summed E-state index contributed by atoms with van der Waals surface area (Å²) < 4.78 is 36.1. The minimum absolute atomic E-state index is 0.0932. The summed E-state index contributed by atoms with van der Waals surface area (Å²) >= 11 is 0. The average molecular weight is 228 g/mol. The molecule has 0 saturated heterocycles. The Balaban J connectivity index is 2.10. The first-order chi connectivity index (χ1) is 7.61. The van der Waals surface area contributed by atoms with Crippen molar-refractivity contribution in [3.8, 4) is 5.75 Å². The molecule has 5 heteroatoms. The number of hydrogen-bond acceptors (Lipinski definition) is 3. The van der Waals surface area contributed by atoms with Crippen molar-refractivity contribution in [3.05, 3.63) is 29.8 Å². The molecule has 0 N–H and O–H groups in total. The fourth-order valence-corrected chi connectivity index (χ4v) is 1.59. The molecule has 1 aliphatic rings. The number of methoxy groups -OCH3 is 1. The second-order valence-corrected chi connectivity index (χ2v) is 3.56. The van der Waals surface area contributed by atoms with E-state index in [1.165, 1.54) is 7.11 Å². The monoisotopic (exact) mass is 228 g/mol. The highest BCUT2D eigenvalue weighted by molar-refractivity contribution is 5.90. The highest BCUT2D eigenvalue weighted by Gasteiger charge is 2.42. The first-order valence-corrected chi connectivity index (χ1v) is 4.79. The lowest BCUT2D eigenvalue weighted by atomic mass is 9.90. The van der Waals surface area contributed by atoms with Crippen LogP contribution in [-0.4, -0.2) is 25.1 Å². The molecule has 0 radical (unpaired) electrons. The van der Waals surface area contributed by atoms with Gasteiger partial charge in [-0.2, -0.15) is 0 Å². The third-order valence-corrected chi connectivity index (χ3v) is 2.48. The molecule has 3 nitrogen and oxygen atoms in total. The number of carbonyl (C=O) groups excluding carboxylic acids is 1. The lowest BCUT2D eigenvalue weighted by Crippen LogP contribution is -2.51. The molecule has 0 bridgehead atoms. The van der Waals surface area contributed by atoms with E-state index in [1.54, 1.807) is 0 Å². The van der Waals surface area contributed by atoms with E-state index < -0.39 is 23.8 Å². The van der Waals surface area contributed by atoms with Gasteiger partial charge in [-0.1, -0.05) is 0 Å². The fraction of sp³-hybridized carbons (Fsp3) is 0.364. The fourth-order valence-electron chi connectivity index (χ4n) is 1.59. The van der Waals surface area contributed by atoms with Gasteiger partial charge in [0.2, 0.25) is 0 Å². The molecule has 1 fully saturated rings. The van der Waals surface area contributed by atoms with Crippen molar-refractivity contribution in [2.75, 3.05) is 7.11 Å². The number of benzene rings is 1. The Morgan fingerprint density at radius 1 is 1.38 bits per heavy atom. The maximum Gasteiger partial charge on any atom is 0.169 e. The third-order valence-electron chi connectivity index (χ3n) is 2.48. The number of carbonyl (C=O) groups is 1. The summed E-state index contributed by atoms with van der Waals surface area (Å²) in [5, 5.41) is 0. The predicted molar refractivity (Wildman–Crippen MR) is 51.2 cm³/mol. The van der Waals surface area contributed by atoms with Crippen LogP contribution in [0.2, 0.25) is 0 Å². The molecule has 1 saturated carbocycles. The molecular formula is C11H10F2O3. The molecule has 86 valence electrons. The van der Waals surface area contributed by atoms with Gasteiger partial charge in [-0.05, 0) is 12.1 Å². The molecule has 0 spiro atoms. The average Bonchev–Trinajstić information content (AvgIpc) is 2.23. The van der Waals surface area contributed by atoms with Gasteiger partial charge in [-0.3, -0.25) is 4.79 Å². The van der Waals surface area contributed by atoms with Gasteiger partial charge in [-0.25, -0.2) is 8.78 Å². The van der Waals surface area contributed by atoms with Crippen LogP contribution < -0.4 is 4.74 Å². The van der Waals surface area contributed by atoms with Crippen LogP contribution in [0, 0.1) is 11.6 Å². The van der Waals surface area contributed by atoms with Crippen LogP contribution in [0.15, 0.2) is 18.2 Å². The third kappa shape index (κ3) is 1.90. The van der Waals surface area contributed by atoms with E-state index in [2.05, 4.69) is 0 Å². The van der Waals surface area contributed by atoms with E-state index in [0.29, 0.717) is 0 Å². The summed E-state index contributed by atoms with van der Waals surface area (Å²) in [6.45, 7) is 0. The number of halogens is 2. The molecular weight excluding hydrogens is 218 g/mol. The summed E-state index contributed by atoms with van der Waals surface area (Å²) in [5.74, 6) is -1.53. The van der Waals surface area contributed by atoms with Gasteiger partial charge >= 0.3 is 0 Å². The van der Waals surface area contributed by atoms with Gasteiger partial charge in [0.05, 0.1) is 0 Å². The van der Waals surface area contributed by atoms with Crippen LogP contribution in [0.25, 0.3) is 0 Å². The molecule has 0 amide bonds. The maximum absolute atomic E-state index is 13.2. The van der Waals surface area contributed by atoms with E-state index in [-0.39, 0.29) is 18.0 Å². The number of ketones is 1. The van der Waals surface area contributed by atoms with Crippen LogP contribution in [0.4, 0.5) is 8.78 Å². The zero-order chi connectivity index (χ0) is 11.7. The lowest BCUT2D eigenvalue weighted by Gasteiger charge is -2.33. The Kier molecular flexibility index (Phi) is 2.87. The van der Waals surface area contributed by atoms with Gasteiger partial charge < -0.3 is 9.47 Å². The highest BCUT2D eigenvalue weighted by Crippen LogP contribution is 2.27.